The van der Waals surface area contributed by atoms with Crippen LogP contribution < -0.4 is 11.1 Å². The van der Waals surface area contributed by atoms with Crippen molar-refractivity contribution in [2.24, 2.45) is 5.73 Å². The highest BCUT2D eigenvalue weighted by molar-refractivity contribution is 5.92. The Morgan fingerprint density at radius 1 is 1.40 bits per heavy atom. The fourth-order valence-corrected chi connectivity index (χ4v) is 1.96. The lowest BCUT2D eigenvalue weighted by Gasteiger charge is -2.13. The summed E-state index contributed by atoms with van der Waals surface area (Å²) in [6, 6.07) is 8.06. The highest BCUT2D eigenvalue weighted by atomic mass is 16.1. The Bertz CT molecular complexity index is 574. The monoisotopic (exact) mass is 272 g/mol. The zero-order chi connectivity index (χ0) is 14.5. The molecule has 1 atom stereocenters. The molecule has 2 rings (SSSR count). The van der Waals surface area contributed by atoms with Gasteiger partial charge in [0.1, 0.15) is 5.69 Å². The minimum Gasteiger partial charge on any atom is -0.344 e. The van der Waals surface area contributed by atoms with Crippen molar-refractivity contribution < 1.29 is 4.79 Å². The number of aryl methyl sites for hydroxylation is 1. The van der Waals surface area contributed by atoms with E-state index >= 15 is 0 Å². The smallest absolute Gasteiger partial charge is 0.271 e. The Kier molecular flexibility index (Phi) is 4.53. The third-order valence-corrected chi connectivity index (χ3v) is 3.18. The van der Waals surface area contributed by atoms with Gasteiger partial charge in [-0.1, -0.05) is 29.8 Å². The zero-order valence-corrected chi connectivity index (χ0v) is 11.8. The average Bonchev–Trinajstić information content (AvgIpc) is 2.88. The topological polar surface area (TPSA) is 72.9 Å². The maximum absolute atomic E-state index is 12.1. The number of hydrogen-bond donors (Lipinski definition) is 2. The largest absolute Gasteiger partial charge is 0.344 e. The Balaban J connectivity index is 2.01. The van der Waals surface area contributed by atoms with Gasteiger partial charge in [-0.15, -0.1) is 0 Å². The van der Waals surface area contributed by atoms with E-state index in [-0.39, 0.29) is 11.9 Å². The van der Waals surface area contributed by atoms with E-state index in [9.17, 15) is 4.79 Å². The van der Waals surface area contributed by atoms with Crippen LogP contribution in [0.1, 0.15) is 34.6 Å². The van der Waals surface area contributed by atoms with Gasteiger partial charge in [0.25, 0.3) is 5.91 Å². The molecule has 1 unspecified atom stereocenters. The Morgan fingerprint density at radius 2 is 2.10 bits per heavy atom. The average molecular weight is 272 g/mol. The van der Waals surface area contributed by atoms with Gasteiger partial charge in [-0.05, 0) is 19.4 Å². The first kappa shape index (κ1) is 14.3. The van der Waals surface area contributed by atoms with Crippen molar-refractivity contribution >= 4 is 5.91 Å². The van der Waals surface area contributed by atoms with E-state index in [1.54, 1.807) is 12.5 Å². The predicted octanol–water partition coefficient (Wildman–Crippen LogP) is 1.64. The number of nitrogens with zero attached hydrogens (tertiary/aromatic N) is 2. The fraction of sp³-hybridized carbons (Fsp3) is 0.333. The van der Waals surface area contributed by atoms with Crippen molar-refractivity contribution in [1.29, 1.82) is 0 Å². The van der Waals surface area contributed by atoms with E-state index in [4.69, 9.17) is 5.73 Å². The van der Waals surface area contributed by atoms with Gasteiger partial charge >= 0.3 is 0 Å². The number of carbonyl (C=O) groups excluding carboxylic acids is 1. The van der Waals surface area contributed by atoms with E-state index in [1.165, 1.54) is 5.56 Å². The second-order valence-electron chi connectivity index (χ2n) is 4.89. The van der Waals surface area contributed by atoms with Crippen LogP contribution in [-0.2, 0) is 6.54 Å². The van der Waals surface area contributed by atoms with E-state index in [1.807, 2.05) is 42.7 Å². The van der Waals surface area contributed by atoms with Gasteiger partial charge in [0.2, 0.25) is 0 Å². The summed E-state index contributed by atoms with van der Waals surface area (Å²) in [6.07, 6.45) is 3.34. The van der Waals surface area contributed by atoms with Crippen LogP contribution in [-0.4, -0.2) is 22.0 Å². The Hall–Kier alpha value is -2.14. The summed E-state index contributed by atoms with van der Waals surface area (Å²) in [5.74, 6) is -0.172. The fourth-order valence-electron chi connectivity index (χ4n) is 1.96. The number of carbonyl (C=O) groups is 1. The van der Waals surface area contributed by atoms with E-state index in [0.29, 0.717) is 18.8 Å². The van der Waals surface area contributed by atoms with E-state index < -0.39 is 0 Å². The van der Waals surface area contributed by atoms with Gasteiger partial charge in [0.15, 0.2) is 0 Å². The Labute approximate surface area is 118 Å². The molecule has 0 saturated carbocycles. The summed E-state index contributed by atoms with van der Waals surface area (Å²) in [6.45, 7) is 5.18. The molecular weight excluding hydrogens is 252 g/mol. The molecule has 0 radical (unpaired) electrons. The van der Waals surface area contributed by atoms with Crippen molar-refractivity contribution in [3.63, 3.8) is 0 Å². The highest BCUT2D eigenvalue weighted by Crippen LogP contribution is 2.13. The molecule has 1 aromatic carbocycles. The lowest BCUT2D eigenvalue weighted by atomic mass is 10.1. The van der Waals surface area contributed by atoms with Crippen LogP contribution in [0.5, 0.6) is 0 Å². The number of aromatic nitrogens is 2. The molecule has 0 aliphatic rings. The van der Waals surface area contributed by atoms with Crippen LogP contribution in [0.2, 0.25) is 0 Å². The second-order valence-corrected chi connectivity index (χ2v) is 4.89. The molecule has 0 aliphatic carbocycles. The molecule has 0 fully saturated rings. The van der Waals surface area contributed by atoms with Crippen molar-refractivity contribution in [2.75, 3.05) is 6.54 Å². The van der Waals surface area contributed by atoms with Crippen molar-refractivity contribution in [3.8, 4) is 0 Å². The number of nitrogens with one attached hydrogen (secondary N) is 1. The van der Waals surface area contributed by atoms with Crippen LogP contribution in [0.3, 0.4) is 0 Å². The molecule has 3 N–H and O–H groups in total. The van der Waals surface area contributed by atoms with Gasteiger partial charge in [-0.3, -0.25) is 4.79 Å². The molecule has 0 spiro atoms. The molecular formula is C15H20N4O. The summed E-state index contributed by atoms with van der Waals surface area (Å²) in [4.78, 5) is 16.2. The van der Waals surface area contributed by atoms with Gasteiger partial charge < -0.3 is 15.6 Å². The van der Waals surface area contributed by atoms with Crippen LogP contribution in [0.4, 0.5) is 0 Å². The van der Waals surface area contributed by atoms with Crippen molar-refractivity contribution in [2.45, 2.75) is 26.4 Å². The minimum absolute atomic E-state index is 0.0530. The summed E-state index contributed by atoms with van der Waals surface area (Å²) in [7, 11) is 0. The third kappa shape index (κ3) is 3.45. The molecule has 0 saturated heterocycles. The second kappa shape index (κ2) is 6.34. The number of imidazole rings is 1. The van der Waals surface area contributed by atoms with Crippen molar-refractivity contribution in [1.82, 2.24) is 14.9 Å². The molecule has 1 aromatic heterocycles. The number of rotatable bonds is 5. The van der Waals surface area contributed by atoms with Crippen LogP contribution in [0, 0.1) is 6.92 Å². The van der Waals surface area contributed by atoms with Crippen LogP contribution >= 0.6 is 0 Å². The molecule has 5 heteroatoms. The molecule has 2 aromatic rings. The number of hydrogen-bond acceptors (Lipinski definition) is 3. The molecule has 106 valence electrons. The molecule has 1 amide bonds. The standard InChI is InChI=1S/C15H20N4O/c1-11-3-5-13(6-4-11)12(2)18-15(20)14-9-19(8-7-16)10-17-14/h3-6,9-10,12H,7-8,16H2,1-2H3,(H,18,20). The van der Waals surface area contributed by atoms with Gasteiger partial charge in [0.05, 0.1) is 12.4 Å². The Morgan fingerprint density at radius 3 is 2.75 bits per heavy atom. The minimum atomic E-state index is -0.172. The van der Waals surface area contributed by atoms with Gasteiger partial charge in [-0.2, -0.15) is 0 Å². The normalized spacial score (nSPS) is 12.2. The lowest BCUT2D eigenvalue weighted by Crippen LogP contribution is -2.26. The first-order valence-corrected chi connectivity index (χ1v) is 6.69. The van der Waals surface area contributed by atoms with Gasteiger partial charge in [-0.25, -0.2) is 4.98 Å². The maximum Gasteiger partial charge on any atom is 0.271 e. The van der Waals surface area contributed by atoms with E-state index in [0.717, 1.165) is 5.56 Å². The molecule has 20 heavy (non-hydrogen) atoms. The quantitative estimate of drug-likeness (QED) is 0.869. The van der Waals surface area contributed by atoms with E-state index in [2.05, 4.69) is 10.3 Å². The molecule has 0 aliphatic heterocycles. The summed E-state index contributed by atoms with van der Waals surface area (Å²) < 4.78 is 1.81. The lowest BCUT2D eigenvalue weighted by molar-refractivity contribution is 0.0935. The van der Waals surface area contributed by atoms with Crippen LogP contribution in [0.25, 0.3) is 0 Å². The number of amides is 1. The first-order valence-electron chi connectivity index (χ1n) is 6.69. The van der Waals surface area contributed by atoms with Gasteiger partial charge in [0, 0.05) is 19.3 Å². The maximum atomic E-state index is 12.1. The first-order chi connectivity index (χ1) is 9.60. The number of benzene rings is 1. The zero-order valence-electron chi connectivity index (χ0n) is 11.8. The summed E-state index contributed by atoms with van der Waals surface area (Å²) in [5, 5.41) is 2.94. The highest BCUT2D eigenvalue weighted by Gasteiger charge is 2.13. The SMILES string of the molecule is Cc1ccc(C(C)NC(=O)c2cn(CCN)cn2)cc1. The molecule has 0 bridgehead atoms. The number of nitrogens with two attached hydrogens (primary N) is 1. The van der Waals surface area contributed by atoms with Crippen molar-refractivity contribution in [3.05, 3.63) is 53.6 Å². The van der Waals surface area contributed by atoms with Crippen LogP contribution in [0.15, 0.2) is 36.8 Å². The molecule has 1 heterocycles. The summed E-state index contributed by atoms with van der Waals surface area (Å²) in [5.41, 5.74) is 8.16. The predicted molar refractivity (Wildman–Crippen MR) is 78.3 cm³/mol. The molecule has 5 nitrogen and oxygen atoms in total. The third-order valence-electron chi connectivity index (χ3n) is 3.18. The summed E-state index contributed by atoms with van der Waals surface area (Å²) >= 11 is 0.